The number of carbonyl (C=O) groups is 3. The van der Waals surface area contributed by atoms with Crippen LogP contribution in [0, 0.1) is 5.92 Å². The van der Waals surface area contributed by atoms with Crippen LogP contribution in [0.1, 0.15) is 32.3 Å². The van der Waals surface area contributed by atoms with Crippen molar-refractivity contribution in [3.8, 4) is 0 Å². The number of amides is 2. The Bertz CT molecular complexity index is 609. The first-order valence-electron chi connectivity index (χ1n) is 9.00. The number of aliphatic hydroxyl groups excluding tert-OH is 1. The minimum atomic E-state index is -1.43. The van der Waals surface area contributed by atoms with Crippen molar-refractivity contribution in [2.75, 3.05) is 13.2 Å². The summed E-state index contributed by atoms with van der Waals surface area (Å²) in [5, 5.41) is 14.7. The van der Waals surface area contributed by atoms with Gasteiger partial charge in [-0.3, -0.25) is 19.7 Å². The number of rotatable bonds is 13. The van der Waals surface area contributed by atoms with Crippen LogP contribution in [0.15, 0.2) is 30.3 Å². The van der Waals surface area contributed by atoms with E-state index < -0.39 is 24.1 Å². The van der Waals surface area contributed by atoms with Crippen LogP contribution in [0.4, 0.5) is 0 Å². The van der Waals surface area contributed by atoms with Crippen molar-refractivity contribution in [1.29, 1.82) is 0 Å². The summed E-state index contributed by atoms with van der Waals surface area (Å²) in [5.41, 5.74) is 6.21. The maximum atomic E-state index is 12.0. The smallest absolute Gasteiger partial charge is 0.242 e. The lowest BCUT2D eigenvalue weighted by Gasteiger charge is -2.18. The zero-order valence-corrected chi connectivity index (χ0v) is 15.8. The van der Waals surface area contributed by atoms with Crippen LogP contribution in [0.5, 0.6) is 0 Å². The van der Waals surface area contributed by atoms with Gasteiger partial charge < -0.3 is 20.9 Å². The molecule has 0 spiro atoms. The van der Waals surface area contributed by atoms with Crippen LogP contribution >= 0.6 is 0 Å². The molecular weight excluding hydrogens is 350 g/mol. The fraction of sp³-hybridized carbons (Fsp3) is 0.526. The Morgan fingerprint density at radius 2 is 1.89 bits per heavy atom. The average Bonchev–Trinajstić information content (AvgIpc) is 2.65. The Kier molecular flexibility index (Phi) is 10.2. The SMILES string of the molecule is CCCC(C)C(=O)C(O)NCC(=O)NC(COCc1ccccc1)C(N)=O. The third-order valence-electron chi connectivity index (χ3n) is 4.01. The molecule has 0 bridgehead atoms. The number of Topliss-reactive ketones (excluding diaryl/α,β-unsaturated/α-hetero) is 1. The summed E-state index contributed by atoms with van der Waals surface area (Å²) in [6, 6.07) is 8.36. The van der Waals surface area contributed by atoms with E-state index in [4.69, 9.17) is 10.5 Å². The Morgan fingerprint density at radius 1 is 1.22 bits per heavy atom. The van der Waals surface area contributed by atoms with Crippen molar-refractivity contribution in [2.24, 2.45) is 11.7 Å². The summed E-state index contributed by atoms with van der Waals surface area (Å²) in [6.45, 7) is 3.55. The maximum absolute atomic E-state index is 12.0. The largest absolute Gasteiger partial charge is 0.374 e. The first-order valence-corrected chi connectivity index (χ1v) is 9.00. The molecule has 150 valence electrons. The van der Waals surface area contributed by atoms with E-state index in [1.165, 1.54) is 0 Å². The highest BCUT2D eigenvalue weighted by atomic mass is 16.5. The lowest BCUT2D eigenvalue weighted by atomic mass is 10.00. The van der Waals surface area contributed by atoms with Crippen molar-refractivity contribution in [1.82, 2.24) is 10.6 Å². The number of benzene rings is 1. The summed E-state index contributed by atoms with van der Waals surface area (Å²) in [6.07, 6.45) is 0.0500. The molecule has 0 aromatic heterocycles. The van der Waals surface area contributed by atoms with E-state index in [-0.39, 0.29) is 31.5 Å². The minimum absolute atomic E-state index is 0.0784. The Hall–Kier alpha value is -2.29. The second-order valence-corrected chi connectivity index (χ2v) is 6.40. The van der Waals surface area contributed by atoms with Gasteiger partial charge in [-0.25, -0.2) is 0 Å². The fourth-order valence-corrected chi connectivity index (χ4v) is 2.44. The van der Waals surface area contributed by atoms with Gasteiger partial charge in [0.1, 0.15) is 6.04 Å². The van der Waals surface area contributed by atoms with E-state index in [1.54, 1.807) is 6.92 Å². The molecule has 0 aliphatic rings. The number of hydrogen-bond acceptors (Lipinski definition) is 6. The molecule has 0 aliphatic carbocycles. The van der Waals surface area contributed by atoms with Crippen molar-refractivity contribution in [3.63, 3.8) is 0 Å². The van der Waals surface area contributed by atoms with Crippen LogP contribution in [-0.2, 0) is 25.7 Å². The molecule has 0 radical (unpaired) electrons. The van der Waals surface area contributed by atoms with Gasteiger partial charge in [0.05, 0.1) is 19.8 Å². The molecule has 3 atom stereocenters. The summed E-state index contributed by atoms with van der Waals surface area (Å²) in [4.78, 5) is 35.4. The molecule has 5 N–H and O–H groups in total. The minimum Gasteiger partial charge on any atom is -0.374 e. The van der Waals surface area contributed by atoms with Gasteiger partial charge in [-0.05, 0) is 12.0 Å². The molecule has 8 nitrogen and oxygen atoms in total. The lowest BCUT2D eigenvalue weighted by Crippen LogP contribution is -2.51. The molecule has 1 rings (SSSR count). The molecule has 2 amide bonds. The van der Waals surface area contributed by atoms with Crippen LogP contribution in [0.3, 0.4) is 0 Å². The zero-order valence-electron chi connectivity index (χ0n) is 15.8. The number of ketones is 1. The lowest BCUT2D eigenvalue weighted by molar-refractivity contribution is -0.134. The molecule has 0 fully saturated rings. The van der Waals surface area contributed by atoms with Crippen LogP contribution < -0.4 is 16.4 Å². The predicted octanol–water partition coefficient (Wildman–Crippen LogP) is 0.0866. The van der Waals surface area contributed by atoms with Crippen molar-refractivity contribution >= 4 is 17.6 Å². The van der Waals surface area contributed by atoms with Crippen molar-refractivity contribution < 1.29 is 24.2 Å². The molecule has 0 heterocycles. The van der Waals surface area contributed by atoms with Gasteiger partial charge in [0.2, 0.25) is 11.8 Å². The first-order chi connectivity index (χ1) is 12.8. The second kappa shape index (κ2) is 12.2. The molecule has 0 saturated heterocycles. The molecule has 3 unspecified atom stereocenters. The normalized spacial score (nSPS) is 14.2. The molecule has 1 aromatic carbocycles. The van der Waals surface area contributed by atoms with Gasteiger partial charge in [-0.2, -0.15) is 0 Å². The predicted molar refractivity (Wildman–Crippen MR) is 100 cm³/mol. The van der Waals surface area contributed by atoms with Gasteiger partial charge in [0.15, 0.2) is 12.0 Å². The zero-order chi connectivity index (χ0) is 20.2. The highest BCUT2D eigenvalue weighted by Crippen LogP contribution is 2.07. The summed E-state index contributed by atoms with van der Waals surface area (Å²) in [5.74, 6) is -1.98. The Labute approximate surface area is 159 Å². The van der Waals surface area contributed by atoms with Gasteiger partial charge >= 0.3 is 0 Å². The molecule has 0 aliphatic heterocycles. The van der Waals surface area contributed by atoms with Gasteiger partial charge in [0, 0.05) is 5.92 Å². The van der Waals surface area contributed by atoms with Gasteiger partial charge in [0.25, 0.3) is 0 Å². The number of primary amides is 1. The number of aliphatic hydroxyl groups is 1. The summed E-state index contributed by atoms with van der Waals surface area (Å²) in [7, 11) is 0. The average molecular weight is 379 g/mol. The highest BCUT2D eigenvalue weighted by Gasteiger charge is 2.23. The molecule has 1 aromatic rings. The third kappa shape index (κ3) is 8.76. The Morgan fingerprint density at radius 3 is 2.48 bits per heavy atom. The molecule has 8 heteroatoms. The van der Waals surface area contributed by atoms with Crippen LogP contribution in [0.2, 0.25) is 0 Å². The first kappa shape index (κ1) is 22.8. The standard InChI is InChI=1S/C19H29N3O5/c1-3-7-13(2)17(24)19(26)21-10-16(23)22-15(18(20)25)12-27-11-14-8-5-4-6-9-14/h4-6,8-9,13,15,19,21,26H,3,7,10-12H2,1-2H3,(H2,20,25)(H,22,23). The highest BCUT2D eigenvalue weighted by molar-refractivity contribution is 5.88. The molecular formula is C19H29N3O5. The van der Waals surface area contributed by atoms with Crippen LogP contribution in [-0.4, -0.2) is 48.1 Å². The number of carbonyl (C=O) groups excluding carboxylic acids is 3. The second-order valence-electron chi connectivity index (χ2n) is 6.40. The fourth-order valence-electron chi connectivity index (χ4n) is 2.44. The Balaban J connectivity index is 2.39. The van der Waals surface area contributed by atoms with Crippen molar-refractivity contribution in [3.05, 3.63) is 35.9 Å². The van der Waals surface area contributed by atoms with Gasteiger partial charge in [-0.15, -0.1) is 0 Å². The van der Waals surface area contributed by atoms with E-state index in [0.29, 0.717) is 6.42 Å². The van der Waals surface area contributed by atoms with E-state index >= 15 is 0 Å². The maximum Gasteiger partial charge on any atom is 0.242 e. The van der Waals surface area contributed by atoms with E-state index in [9.17, 15) is 19.5 Å². The summed E-state index contributed by atoms with van der Waals surface area (Å²) >= 11 is 0. The van der Waals surface area contributed by atoms with Gasteiger partial charge in [-0.1, -0.05) is 50.6 Å². The van der Waals surface area contributed by atoms with Crippen molar-refractivity contribution in [2.45, 2.75) is 45.6 Å². The number of nitrogens with one attached hydrogen (secondary N) is 2. The molecule has 27 heavy (non-hydrogen) atoms. The van der Waals surface area contributed by atoms with E-state index in [2.05, 4.69) is 10.6 Å². The van der Waals surface area contributed by atoms with E-state index in [1.807, 2.05) is 37.3 Å². The number of hydrogen-bond donors (Lipinski definition) is 4. The number of ether oxygens (including phenoxy) is 1. The quantitative estimate of drug-likeness (QED) is 0.359. The summed E-state index contributed by atoms with van der Waals surface area (Å²) < 4.78 is 5.43. The third-order valence-corrected chi connectivity index (χ3v) is 4.01. The monoisotopic (exact) mass is 379 g/mol. The van der Waals surface area contributed by atoms with Crippen LogP contribution in [0.25, 0.3) is 0 Å². The topological polar surface area (TPSA) is 131 Å². The van der Waals surface area contributed by atoms with E-state index in [0.717, 1.165) is 12.0 Å². The number of nitrogens with two attached hydrogens (primary N) is 1. The molecule has 0 saturated carbocycles.